The van der Waals surface area contributed by atoms with Crippen molar-refractivity contribution in [1.29, 1.82) is 0 Å². The lowest BCUT2D eigenvalue weighted by molar-refractivity contribution is -0.139. The summed E-state index contributed by atoms with van der Waals surface area (Å²) in [5.41, 5.74) is 3.70. The fraction of sp³-hybridized carbons (Fsp3) is 0.400. The second-order valence-corrected chi connectivity index (χ2v) is 7.82. The molecular formula is C25H31FN4O5. The lowest BCUT2D eigenvalue weighted by Gasteiger charge is -2.26. The lowest BCUT2D eigenvalue weighted by atomic mass is 10.2. The van der Waals surface area contributed by atoms with Crippen LogP contribution in [0.4, 0.5) is 4.39 Å². The summed E-state index contributed by atoms with van der Waals surface area (Å²) in [6, 6.07) is 11.2. The molecular weight excluding hydrogens is 455 g/mol. The highest BCUT2D eigenvalue weighted by molar-refractivity contribution is 6.35. The summed E-state index contributed by atoms with van der Waals surface area (Å²) in [7, 11) is 0. The number of amides is 2. The van der Waals surface area contributed by atoms with Crippen LogP contribution >= 0.6 is 0 Å². The van der Waals surface area contributed by atoms with Crippen LogP contribution in [0.1, 0.15) is 24.5 Å². The number of rotatable bonds is 11. The van der Waals surface area contributed by atoms with E-state index in [0.717, 1.165) is 44.8 Å². The minimum absolute atomic E-state index is 0.255. The minimum atomic E-state index is -0.836. The van der Waals surface area contributed by atoms with Gasteiger partial charge in [-0.05, 0) is 61.3 Å². The van der Waals surface area contributed by atoms with E-state index >= 15 is 0 Å². The number of hydrazone groups is 1. The number of carbonyl (C=O) groups is 2. The van der Waals surface area contributed by atoms with Crippen molar-refractivity contribution < 1.29 is 28.2 Å². The number of hydrogen-bond donors (Lipinski definition) is 2. The van der Waals surface area contributed by atoms with Gasteiger partial charge in [-0.2, -0.15) is 5.10 Å². The fourth-order valence-electron chi connectivity index (χ4n) is 3.36. The summed E-state index contributed by atoms with van der Waals surface area (Å²) in [4.78, 5) is 26.2. The van der Waals surface area contributed by atoms with E-state index in [1.54, 1.807) is 30.3 Å². The van der Waals surface area contributed by atoms with Gasteiger partial charge in [-0.3, -0.25) is 14.5 Å². The Morgan fingerprint density at radius 3 is 2.60 bits per heavy atom. The van der Waals surface area contributed by atoms with Crippen LogP contribution in [0, 0.1) is 5.82 Å². The van der Waals surface area contributed by atoms with Gasteiger partial charge in [-0.15, -0.1) is 0 Å². The van der Waals surface area contributed by atoms with E-state index in [2.05, 4.69) is 20.7 Å². The molecule has 10 heteroatoms. The summed E-state index contributed by atoms with van der Waals surface area (Å²) in [6.07, 6.45) is 2.16. The average Bonchev–Trinajstić information content (AvgIpc) is 2.87. The predicted octanol–water partition coefficient (Wildman–Crippen LogP) is 2.09. The molecule has 0 unspecified atom stereocenters. The Morgan fingerprint density at radius 2 is 1.86 bits per heavy atom. The zero-order chi connectivity index (χ0) is 24.9. The van der Waals surface area contributed by atoms with E-state index < -0.39 is 11.8 Å². The number of benzene rings is 2. The molecule has 1 fully saturated rings. The van der Waals surface area contributed by atoms with Gasteiger partial charge in [-0.25, -0.2) is 9.82 Å². The lowest BCUT2D eigenvalue weighted by Crippen LogP contribution is -2.40. The minimum Gasteiger partial charge on any atom is -0.490 e. The Morgan fingerprint density at radius 1 is 1.09 bits per heavy atom. The first kappa shape index (κ1) is 26.1. The molecule has 2 aromatic rings. The number of nitrogens with zero attached hydrogens (tertiary/aromatic N) is 2. The van der Waals surface area contributed by atoms with Crippen molar-refractivity contribution in [2.45, 2.75) is 20.0 Å². The molecule has 0 spiro atoms. The third-order valence-electron chi connectivity index (χ3n) is 5.20. The Hall–Kier alpha value is -3.50. The molecule has 0 atom stereocenters. The Labute approximate surface area is 204 Å². The Kier molecular flexibility index (Phi) is 10.5. The molecule has 2 amide bonds. The highest BCUT2D eigenvalue weighted by atomic mass is 19.1. The van der Waals surface area contributed by atoms with Gasteiger partial charge in [0.15, 0.2) is 11.5 Å². The molecule has 2 aromatic carbocycles. The van der Waals surface area contributed by atoms with Crippen molar-refractivity contribution in [2.75, 3.05) is 46.0 Å². The summed E-state index contributed by atoms with van der Waals surface area (Å²) in [6.45, 7) is 7.01. The van der Waals surface area contributed by atoms with Gasteiger partial charge in [0.05, 0.1) is 26.0 Å². The normalized spacial score (nSPS) is 14.0. The quantitative estimate of drug-likeness (QED) is 0.218. The van der Waals surface area contributed by atoms with Crippen molar-refractivity contribution in [3.05, 3.63) is 59.4 Å². The zero-order valence-electron chi connectivity index (χ0n) is 19.8. The SMILES string of the molecule is CCOc1cc(/C=N\NC(=O)C(=O)NCCCN2CCOCC2)ccc1OCc1ccc(F)cc1. The van der Waals surface area contributed by atoms with Crippen molar-refractivity contribution in [3.63, 3.8) is 0 Å². The maximum Gasteiger partial charge on any atom is 0.329 e. The molecule has 0 aromatic heterocycles. The number of carbonyl (C=O) groups excluding carboxylic acids is 2. The predicted molar refractivity (Wildman–Crippen MR) is 129 cm³/mol. The van der Waals surface area contributed by atoms with Gasteiger partial charge >= 0.3 is 11.8 Å². The van der Waals surface area contributed by atoms with Crippen molar-refractivity contribution in [2.24, 2.45) is 5.10 Å². The molecule has 3 rings (SSSR count). The molecule has 1 aliphatic rings. The van der Waals surface area contributed by atoms with Crippen LogP contribution < -0.4 is 20.2 Å². The molecule has 1 saturated heterocycles. The van der Waals surface area contributed by atoms with Crippen LogP contribution in [0.15, 0.2) is 47.6 Å². The maximum atomic E-state index is 13.1. The van der Waals surface area contributed by atoms with E-state index in [0.29, 0.717) is 30.2 Å². The van der Waals surface area contributed by atoms with Gasteiger partial charge in [-0.1, -0.05) is 12.1 Å². The smallest absolute Gasteiger partial charge is 0.329 e. The van der Waals surface area contributed by atoms with Crippen molar-refractivity contribution in [1.82, 2.24) is 15.6 Å². The highest BCUT2D eigenvalue weighted by Gasteiger charge is 2.13. The van der Waals surface area contributed by atoms with Crippen LogP contribution in [-0.4, -0.2) is 68.9 Å². The molecule has 188 valence electrons. The Balaban J connectivity index is 1.44. The van der Waals surface area contributed by atoms with Crippen molar-refractivity contribution >= 4 is 18.0 Å². The number of morpholine rings is 1. The van der Waals surface area contributed by atoms with E-state index in [1.165, 1.54) is 18.3 Å². The highest BCUT2D eigenvalue weighted by Crippen LogP contribution is 2.29. The average molecular weight is 487 g/mol. The molecule has 0 radical (unpaired) electrons. The first-order valence-corrected chi connectivity index (χ1v) is 11.6. The molecule has 0 aliphatic carbocycles. The summed E-state index contributed by atoms with van der Waals surface area (Å²) < 4.78 is 29.8. The topological polar surface area (TPSA) is 101 Å². The first-order chi connectivity index (χ1) is 17.0. The van der Waals surface area contributed by atoms with Crippen LogP contribution in [0.25, 0.3) is 0 Å². The standard InChI is InChI=1S/C25H31FN4O5/c1-2-34-23-16-20(6-9-22(23)35-18-19-4-7-21(26)8-5-19)17-28-29-25(32)24(31)27-10-3-11-30-12-14-33-15-13-30/h4-9,16-17H,2-3,10-15,18H2,1H3,(H,27,31)(H,29,32)/b28-17-. The molecule has 2 N–H and O–H groups in total. The van der Waals surface area contributed by atoms with E-state index in [1.807, 2.05) is 6.92 Å². The summed E-state index contributed by atoms with van der Waals surface area (Å²) in [5.74, 6) is -0.849. The van der Waals surface area contributed by atoms with Crippen LogP contribution in [0.2, 0.25) is 0 Å². The van der Waals surface area contributed by atoms with Crippen molar-refractivity contribution in [3.8, 4) is 11.5 Å². The van der Waals surface area contributed by atoms with Crippen LogP contribution in [0.5, 0.6) is 11.5 Å². The molecule has 9 nitrogen and oxygen atoms in total. The molecule has 35 heavy (non-hydrogen) atoms. The second kappa shape index (κ2) is 14.0. The molecule has 1 heterocycles. The maximum absolute atomic E-state index is 13.1. The van der Waals surface area contributed by atoms with E-state index in [-0.39, 0.29) is 12.4 Å². The number of ether oxygens (including phenoxy) is 3. The molecule has 0 bridgehead atoms. The largest absolute Gasteiger partial charge is 0.490 e. The third kappa shape index (κ3) is 8.99. The monoisotopic (exact) mass is 486 g/mol. The second-order valence-electron chi connectivity index (χ2n) is 7.82. The van der Waals surface area contributed by atoms with Gasteiger partial charge < -0.3 is 19.5 Å². The van der Waals surface area contributed by atoms with Gasteiger partial charge in [0.2, 0.25) is 0 Å². The zero-order valence-corrected chi connectivity index (χ0v) is 19.8. The van der Waals surface area contributed by atoms with Gasteiger partial charge in [0, 0.05) is 19.6 Å². The third-order valence-corrected chi connectivity index (χ3v) is 5.20. The first-order valence-electron chi connectivity index (χ1n) is 11.6. The fourth-order valence-corrected chi connectivity index (χ4v) is 3.36. The van der Waals surface area contributed by atoms with E-state index in [4.69, 9.17) is 14.2 Å². The summed E-state index contributed by atoms with van der Waals surface area (Å²) in [5, 5.41) is 6.45. The number of nitrogens with one attached hydrogen (secondary N) is 2. The number of hydrogen-bond acceptors (Lipinski definition) is 7. The van der Waals surface area contributed by atoms with Crippen LogP contribution in [0.3, 0.4) is 0 Å². The number of halogens is 1. The molecule has 1 aliphatic heterocycles. The Bertz CT molecular complexity index is 994. The van der Waals surface area contributed by atoms with E-state index in [9.17, 15) is 14.0 Å². The van der Waals surface area contributed by atoms with Gasteiger partial charge in [0.1, 0.15) is 12.4 Å². The van der Waals surface area contributed by atoms with Crippen LogP contribution in [-0.2, 0) is 20.9 Å². The summed E-state index contributed by atoms with van der Waals surface area (Å²) >= 11 is 0. The molecule has 0 saturated carbocycles. The van der Waals surface area contributed by atoms with Gasteiger partial charge in [0.25, 0.3) is 0 Å².